The van der Waals surface area contributed by atoms with Crippen molar-refractivity contribution in [3.63, 3.8) is 0 Å². The van der Waals surface area contributed by atoms with Crippen molar-refractivity contribution >= 4 is 50.3 Å². The van der Waals surface area contributed by atoms with E-state index in [0.717, 1.165) is 22.4 Å². The molecule has 12 heteroatoms. The molecule has 4 aromatic rings. The molecule has 1 fully saturated rings. The van der Waals surface area contributed by atoms with Gasteiger partial charge in [-0.3, -0.25) is 4.79 Å². The number of carbonyl (C=O) groups excluding carboxylic acids is 2. The number of nitrogens with one attached hydrogen (secondary N) is 1. The third kappa shape index (κ3) is 10.4. The number of ether oxygens (including phenoxy) is 1. The fraction of sp³-hybridized carbons (Fsp3) is 0.333. The van der Waals surface area contributed by atoms with Crippen LogP contribution in [0, 0.1) is 17.6 Å². The Morgan fingerprint density at radius 1 is 0.882 bits per heavy atom. The molecule has 7 nitrogen and oxygen atoms in total. The number of benzene rings is 4. The van der Waals surface area contributed by atoms with Gasteiger partial charge in [-0.1, -0.05) is 54.6 Å². The van der Waals surface area contributed by atoms with Crippen LogP contribution in [0.5, 0.6) is 5.75 Å². The minimum Gasteiger partial charge on any atom is -0.544 e. The van der Waals surface area contributed by atoms with Crippen molar-refractivity contribution in [1.82, 2.24) is 4.90 Å². The number of hydrogen-bond donors (Lipinski definition) is 1. The van der Waals surface area contributed by atoms with Crippen molar-refractivity contribution in [2.75, 3.05) is 11.9 Å². The molecule has 1 saturated heterocycles. The van der Waals surface area contributed by atoms with Gasteiger partial charge in [0, 0.05) is 5.69 Å². The third-order valence-corrected chi connectivity index (χ3v) is 10.8. The summed E-state index contributed by atoms with van der Waals surface area (Å²) in [6, 6.07) is 26.5. The Morgan fingerprint density at radius 3 is 2.14 bits per heavy atom. The van der Waals surface area contributed by atoms with Gasteiger partial charge in [-0.2, -0.15) is 0 Å². The number of hydrogen-bond acceptors (Lipinski definition) is 6. The SMILES string of the molecule is C[Si](C)(C)Oc1ccc([C@@H](Nc2ccc(F)c(Br)c2)[C@@H](CC[C@H](O[Si](C)(C)C)c2ccc(F)cc2)C(=O)N2C(=O)OC[C@@H]2c2ccccc2)cc1. The van der Waals surface area contributed by atoms with E-state index in [2.05, 4.69) is 60.5 Å². The first-order chi connectivity index (χ1) is 24.1. The van der Waals surface area contributed by atoms with E-state index in [0.29, 0.717) is 12.1 Å². The Hall–Kier alpha value is -3.85. The average Bonchev–Trinajstić information content (AvgIpc) is 3.46. The molecule has 0 saturated carbocycles. The highest BCUT2D eigenvalue weighted by molar-refractivity contribution is 9.10. The predicted molar refractivity (Wildman–Crippen MR) is 205 cm³/mol. The van der Waals surface area contributed by atoms with Gasteiger partial charge in [0.15, 0.2) is 8.32 Å². The van der Waals surface area contributed by atoms with Crippen molar-refractivity contribution < 1.29 is 32.0 Å². The Balaban J connectivity index is 1.60. The predicted octanol–water partition coefficient (Wildman–Crippen LogP) is 10.8. The third-order valence-electron chi connectivity index (χ3n) is 8.40. The van der Waals surface area contributed by atoms with E-state index in [4.69, 9.17) is 13.6 Å². The molecule has 0 bridgehead atoms. The highest BCUT2D eigenvalue weighted by Gasteiger charge is 2.44. The summed E-state index contributed by atoms with van der Waals surface area (Å²) in [7, 11) is -4.03. The first kappa shape index (κ1) is 38.4. The van der Waals surface area contributed by atoms with Crippen LogP contribution in [-0.2, 0) is 14.0 Å². The smallest absolute Gasteiger partial charge is 0.417 e. The van der Waals surface area contributed by atoms with Gasteiger partial charge >= 0.3 is 6.09 Å². The number of rotatable bonds is 14. The van der Waals surface area contributed by atoms with Crippen LogP contribution in [0.15, 0.2) is 102 Å². The van der Waals surface area contributed by atoms with E-state index in [9.17, 15) is 13.6 Å². The number of amides is 2. The summed E-state index contributed by atoms with van der Waals surface area (Å²) in [4.78, 5) is 29.6. The average molecular weight is 796 g/mol. The molecular formula is C39H45BrF2N2O5Si2. The maximum Gasteiger partial charge on any atom is 0.417 e. The van der Waals surface area contributed by atoms with Gasteiger partial charge in [-0.05, 0) is 127 Å². The molecule has 51 heavy (non-hydrogen) atoms. The lowest BCUT2D eigenvalue weighted by Gasteiger charge is -2.34. The van der Waals surface area contributed by atoms with Crippen LogP contribution in [0.3, 0.4) is 0 Å². The largest absolute Gasteiger partial charge is 0.544 e. The minimum atomic E-state index is -2.13. The summed E-state index contributed by atoms with van der Waals surface area (Å²) >= 11 is 3.30. The molecule has 270 valence electrons. The van der Waals surface area contributed by atoms with Crippen LogP contribution < -0.4 is 9.74 Å². The number of imide groups is 1. The summed E-state index contributed by atoms with van der Waals surface area (Å²) in [6.45, 7) is 12.6. The van der Waals surface area contributed by atoms with Gasteiger partial charge in [0.2, 0.25) is 14.2 Å². The Bertz CT molecular complexity index is 1800. The van der Waals surface area contributed by atoms with Crippen LogP contribution in [0.1, 0.15) is 47.7 Å². The molecule has 1 heterocycles. The molecule has 5 rings (SSSR count). The lowest BCUT2D eigenvalue weighted by atomic mass is 9.85. The summed E-state index contributed by atoms with van der Waals surface area (Å²) in [5.41, 5.74) is 2.92. The lowest BCUT2D eigenvalue weighted by molar-refractivity contribution is -0.134. The first-order valence-corrected chi connectivity index (χ1v) is 24.7. The highest BCUT2D eigenvalue weighted by atomic mass is 79.9. The Kier molecular flexibility index (Phi) is 12.2. The van der Waals surface area contributed by atoms with Crippen LogP contribution in [0.2, 0.25) is 39.3 Å². The van der Waals surface area contributed by atoms with Gasteiger partial charge in [-0.15, -0.1) is 0 Å². The summed E-state index contributed by atoms with van der Waals surface area (Å²) < 4.78 is 47.0. The Labute approximate surface area is 309 Å². The van der Waals surface area contributed by atoms with Crippen LogP contribution in [-0.4, -0.2) is 40.1 Å². The number of cyclic esters (lactones) is 1. The maximum atomic E-state index is 15.0. The molecule has 4 atom stereocenters. The summed E-state index contributed by atoms with van der Waals surface area (Å²) in [5, 5.41) is 3.51. The monoisotopic (exact) mass is 794 g/mol. The number of halogens is 3. The topological polar surface area (TPSA) is 77.1 Å². The van der Waals surface area contributed by atoms with Crippen molar-refractivity contribution in [2.24, 2.45) is 5.92 Å². The van der Waals surface area contributed by atoms with Gasteiger partial charge in [-0.25, -0.2) is 18.5 Å². The molecule has 1 aliphatic heterocycles. The van der Waals surface area contributed by atoms with Gasteiger partial charge < -0.3 is 18.9 Å². The molecule has 0 aromatic heterocycles. The summed E-state index contributed by atoms with van der Waals surface area (Å²) in [5.74, 6) is -1.31. The molecule has 2 amide bonds. The van der Waals surface area contributed by atoms with Crippen molar-refractivity contribution in [3.8, 4) is 5.75 Å². The fourth-order valence-corrected chi connectivity index (χ4v) is 8.53. The molecule has 1 N–H and O–H groups in total. The quantitative estimate of drug-likeness (QED) is 0.128. The zero-order valence-electron chi connectivity index (χ0n) is 29.8. The van der Waals surface area contributed by atoms with E-state index in [1.165, 1.54) is 23.1 Å². The molecule has 4 aromatic carbocycles. The molecular weight excluding hydrogens is 751 g/mol. The van der Waals surface area contributed by atoms with Crippen LogP contribution in [0.25, 0.3) is 0 Å². The van der Waals surface area contributed by atoms with Gasteiger partial charge in [0.05, 0.1) is 22.5 Å². The second-order valence-corrected chi connectivity index (χ2v) is 24.4. The van der Waals surface area contributed by atoms with Crippen LogP contribution >= 0.6 is 15.9 Å². The second-order valence-electron chi connectivity index (χ2n) is 14.7. The molecule has 0 radical (unpaired) electrons. The maximum absolute atomic E-state index is 15.0. The van der Waals surface area contributed by atoms with E-state index in [1.54, 1.807) is 24.3 Å². The minimum absolute atomic E-state index is 0.0317. The number of carbonyl (C=O) groups is 2. The van der Waals surface area contributed by atoms with E-state index >= 15 is 4.79 Å². The zero-order chi connectivity index (χ0) is 36.9. The number of anilines is 1. The zero-order valence-corrected chi connectivity index (χ0v) is 33.4. The molecule has 0 aliphatic carbocycles. The fourth-order valence-electron chi connectivity index (χ4n) is 6.20. The van der Waals surface area contributed by atoms with Crippen LogP contribution in [0.4, 0.5) is 19.3 Å². The van der Waals surface area contributed by atoms with E-state index < -0.39 is 58.6 Å². The highest BCUT2D eigenvalue weighted by Crippen LogP contribution is 2.40. The Morgan fingerprint density at radius 2 is 1.53 bits per heavy atom. The number of nitrogens with zero attached hydrogens (tertiary/aromatic N) is 1. The normalized spacial score (nSPS) is 16.7. The van der Waals surface area contributed by atoms with Gasteiger partial charge in [0.25, 0.3) is 0 Å². The molecule has 0 unspecified atom stereocenters. The molecule has 0 spiro atoms. The van der Waals surface area contributed by atoms with Crippen molar-refractivity contribution in [2.45, 2.75) is 70.3 Å². The van der Waals surface area contributed by atoms with Crippen molar-refractivity contribution in [1.29, 1.82) is 0 Å². The summed E-state index contributed by atoms with van der Waals surface area (Å²) in [6.07, 6.45) is -0.470. The van der Waals surface area contributed by atoms with E-state index in [-0.39, 0.29) is 23.3 Å². The lowest BCUT2D eigenvalue weighted by Crippen LogP contribution is -2.42. The molecule has 1 aliphatic rings. The second kappa shape index (κ2) is 16.2. The van der Waals surface area contributed by atoms with Crippen molar-refractivity contribution in [3.05, 3.63) is 130 Å². The standard InChI is InChI=1S/C39H45BrF2N2O5Si2/c1-50(2,3)48-31-19-14-28(15-20-31)37(43-30-18-22-34(42)33(40)24-30)32(21-23-36(49-51(4,5)6)27-12-16-29(41)17-13-27)38(45)44-35(25-47-39(44)46)26-10-8-7-9-11-26/h7-20,22,24,32,35-37,43H,21,23,25H2,1-6H3/t32-,35-,36+,37-/m1/s1. The van der Waals surface area contributed by atoms with E-state index in [1.807, 2.05) is 54.6 Å². The van der Waals surface area contributed by atoms with Gasteiger partial charge in [0.1, 0.15) is 30.0 Å². The first-order valence-electron chi connectivity index (χ1n) is 17.1.